The number of carbonyl (C=O) groups excluding carboxylic acids is 1. The van der Waals surface area contributed by atoms with E-state index in [1.54, 1.807) is 6.92 Å². The summed E-state index contributed by atoms with van der Waals surface area (Å²) < 4.78 is 26.4. The molecule has 0 amide bonds. The van der Waals surface area contributed by atoms with Gasteiger partial charge in [0.15, 0.2) is 0 Å². The summed E-state index contributed by atoms with van der Waals surface area (Å²) in [5, 5.41) is 0. The van der Waals surface area contributed by atoms with Gasteiger partial charge in [-0.25, -0.2) is 9.18 Å². The maximum absolute atomic E-state index is 12.3. The Hall–Kier alpha value is -1.10. The zero-order chi connectivity index (χ0) is 11.2. The Bertz CT molecular complexity index is 217. The molecular formula is C9H15FO4. The summed E-state index contributed by atoms with van der Waals surface area (Å²) in [6.07, 6.45) is -0.478. The van der Waals surface area contributed by atoms with Gasteiger partial charge in [-0.1, -0.05) is 13.5 Å². The predicted molar refractivity (Wildman–Crippen MR) is 48.4 cm³/mol. The van der Waals surface area contributed by atoms with Crippen molar-refractivity contribution < 1.29 is 23.4 Å². The minimum absolute atomic E-state index is 0.304. The first kappa shape index (κ1) is 12.9. The fraction of sp³-hybridized carbons (Fsp3) is 0.667. The summed E-state index contributed by atoms with van der Waals surface area (Å²) in [7, 11) is 1.19. The highest BCUT2D eigenvalue weighted by Crippen LogP contribution is 2.18. The van der Waals surface area contributed by atoms with E-state index in [0.29, 0.717) is 6.42 Å². The van der Waals surface area contributed by atoms with Crippen LogP contribution in [0.5, 0.6) is 0 Å². The van der Waals surface area contributed by atoms with Gasteiger partial charge >= 0.3 is 6.16 Å². The second kappa shape index (κ2) is 5.59. The van der Waals surface area contributed by atoms with Gasteiger partial charge in [0, 0.05) is 13.3 Å². The van der Waals surface area contributed by atoms with Gasteiger partial charge in [0.25, 0.3) is 0 Å². The number of hydrogen-bond donors (Lipinski definition) is 0. The first-order chi connectivity index (χ1) is 6.43. The van der Waals surface area contributed by atoms with Crippen LogP contribution in [0, 0.1) is 0 Å². The van der Waals surface area contributed by atoms with Crippen LogP contribution in [0.15, 0.2) is 12.4 Å². The van der Waals surface area contributed by atoms with E-state index in [2.05, 4.69) is 11.3 Å². The zero-order valence-corrected chi connectivity index (χ0v) is 8.63. The molecule has 4 nitrogen and oxygen atoms in total. The normalized spacial score (nSPS) is 14.3. The van der Waals surface area contributed by atoms with Gasteiger partial charge in [0.2, 0.25) is 5.79 Å². The van der Waals surface area contributed by atoms with E-state index in [-0.39, 0.29) is 6.61 Å². The minimum Gasteiger partial charge on any atom is -0.438 e. The lowest BCUT2D eigenvalue weighted by molar-refractivity contribution is -0.198. The van der Waals surface area contributed by atoms with Crippen molar-refractivity contribution in [1.82, 2.24) is 0 Å². The van der Waals surface area contributed by atoms with Crippen LogP contribution in [0.2, 0.25) is 0 Å². The summed E-state index contributed by atoms with van der Waals surface area (Å²) in [5.41, 5.74) is 0. The first-order valence-electron chi connectivity index (χ1n) is 4.17. The van der Waals surface area contributed by atoms with Gasteiger partial charge in [-0.3, -0.25) is 0 Å². The third-order valence-electron chi connectivity index (χ3n) is 1.64. The second-order valence-corrected chi connectivity index (χ2v) is 2.85. The van der Waals surface area contributed by atoms with Gasteiger partial charge in [0.05, 0.1) is 7.11 Å². The highest BCUT2D eigenvalue weighted by molar-refractivity contribution is 5.60. The van der Waals surface area contributed by atoms with Gasteiger partial charge < -0.3 is 14.2 Å². The average molecular weight is 206 g/mol. The van der Waals surface area contributed by atoms with Crippen molar-refractivity contribution in [3.8, 4) is 0 Å². The fourth-order valence-electron chi connectivity index (χ4n) is 0.653. The van der Waals surface area contributed by atoms with Crippen LogP contribution in [0.3, 0.4) is 0 Å². The highest BCUT2D eigenvalue weighted by atomic mass is 19.1. The van der Waals surface area contributed by atoms with Gasteiger partial charge in [-0.2, -0.15) is 0 Å². The second-order valence-electron chi connectivity index (χ2n) is 2.85. The molecule has 0 saturated carbocycles. The molecule has 0 bridgehead atoms. The van der Waals surface area contributed by atoms with Crippen molar-refractivity contribution >= 4 is 6.16 Å². The number of hydrogen-bond acceptors (Lipinski definition) is 4. The van der Waals surface area contributed by atoms with E-state index in [1.165, 1.54) is 14.0 Å². The van der Waals surface area contributed by atoms with E-state index in [0.717, 1.165) is 0 Å². The van der Waals surface area contributed by atoms with Crippen LogP contribution in [0.1, 0.15) is 20.3 Å². The molecule has 0 rings (SSSR count). The maximum atomic E-state index is 12.3. The van der Waals surface area contributed by atoms with E-state index in [9.17, 15) is 9.18 Å². The van der Waals surface area contributed by atoms with Crippen molar-refractivity contribution in [1.29, 1.82) is 0 Å². The molecule has 0 aliphatic rings. The van der Waals surface area contributed by atoms with Crippen molar-refractivity contribution in [3.63, 3.8) is 0 Å². The minimum atomic E-state index is -1.18. The summed E-state index contributed by atoms with van der Waals surface area (Å²) in [4.78, 5) is 10.8. The SMILES string of the molecule is C=C(F)COC(C)(CC)OC(=O)OC. The lowest BCUT2D eigenvalue weighted by Gasteiger charge is -2.26. The molecule has 0 fully saturated rings. The van der Waals surface area contributed by atoms with Crippen LogP contribution in [0.25, 0.3) is 0 Å². The Morgan fingerprint density at radius 2 is 2.14 bits per heavy atom. The largest absolute Gasteiger partial charge is 0.510 e. The molecule has 1 atom stereocenters. The van der Waals surface area contributed by atoms with E-state index in [4.69, 9.17) is 9.47 Å². The van der Waals surface area contributed by atoms with Gasteiger partial charge in [0.1, 0.15) is 12.4 Å². The Morgan fingerprint density at radius 3 is 2.50 bits per heavy atom. The van der Waals surface area contributed by atoms with Crippen molar-refractivity contribution in [2.45, 2.75) is 26.1 Å². The molecule has 0 heterocycles. The van der Waals surface area contributed by atoms with Crippen LogP contribution < -0.4 is 0 Å². The van der Waals surface area contributed by atoms with Crippen LogP contribution >= 0.6 is 0 Å². The maximum Gasteiger partial charge on any atom is 0.510 e. The van der Waals surface area contributed by atoms with Crippen LogP contribution in [0.4, 0.5) is 9.18 Å². The number of halogens is 1. The Morgan fingerprint density at radius 1 is 1.57 bits per heavy atom. The Kier molecular flexibility index (Phi) is 5.15. The third kappa shape index (κ3) is 4.81. The number of ether oxygens (including phenoxy) is 3. The Labute approximate surface area is 82.6 Å². The lowest BCUT2D eigenvalue weighted by atomic mass is 10.2. The number of methoxy groups -OCH3 is 1. The standard InChI is InChI=1S/C9H15FO4/c1-5-9(3,13-6-7(2)10)14-8(11)12-4/h2,5-6H2,1,3-4H3. The molecule has 14 heavy (non-hydrogen) atoms. The monoisotopic (exact) mass is 206 g/mol. The van der Waals surface area contributed by atoms with E-state index in [1.807, 2.05) is 0 Å². The molecule has 0 aromatic rings. The first-order valence-corrected chi connectivity index (χ1v) is 4.17. The number of carbonyl (C=O) groups is 1. The molecule has 0 saturated heterocycles. The van der Waals surface area contributed by atoms with E-state index >= 15 is 0 Å². The summed E-state index contributed by atoms with van der Waals surface area (Å²) in [5.74, 6) is -1.81. The lowest BCUT2D eigenvalue weighted by Crippen LogP contribution is -2.34. The van der Waals surface area contributed by atoms with Crippen LogP contribution in [-0.2, 0) is 14.2 Å². The topological polar surface area (TPSA) is 44.8 Å². The van der Waals surface area contributed by atoms with E-state index < -0.39 is 17.8 Å². The quantitative estimate of drug-likeness (QED) is 0.511. The average Bonchev–Trinajstić information content (AvgIpc) is 2.14. The molecule has 5 heteroatoms. The highest BCUT2D eigenvalue weighted by Gasteiger charge is 2.28. The smallest absolute Gasteiger partial charge is 0.438 e. The van der Waals surface area contributed by atoms with Crippen molar-refractivity contribution in [2.75, 3.05) is 13.7 Å². The van der Waals surface area contributed by atoms with Crippen LogP contribution in [-0.4, -0.2) is 25.7 Å². The van der Waals surface area contributed by atoms with Gasteiger partial charge in [-0.15, -0.1) is 0 Å². The third-order valence-corrected chi connectivity index (χ3v) is 1.64. The molecule has 0 aromatic carbocycles. The summed E-state index contributed by atoms with van der Waals surface area (Å²) in [6, 6.07) is 0. The fourth-order valence-corrected chi connectivity index (χ4v) is 0.653. The molecule has 82 valence electrons. The molecule has 0 aliphatic carbocycles. The van der Waals surface area contributed by atoms with Crippen molar-refractivity contribution in [2.24, 2.45) is 0 Å². The molecule has 0 aromatic heterocycles. The molecule has 1 unspecified atom stereocenters. The molecule has 0 N–H and O–H groups in total. The van der Waals surface area contributed by atoms with Crippen molar-refractivity contribution in [3.05, 3.63) is 12.4 Å². The number of rotatable bonds is 5. The summed E-state index contributed by atoms with van der Waals surface area (Å²) in [6.45, 7) is 5.98. The summed E-state index contributed by atoms with van der Waals surface area (Å²) >= 11 is 0. The molecule has 0 spiro atoms. The molecular weight excluding hydrogens is 191 g/mol. The predicted octanol–water partition coefficient (Wildman–Crippen LogP) is 2.40. The molecule has 0 aliphatic heterocycles. The van der Waals surface area contributed by atoms with Gasteiger partial charge in [-0.05, 0) is 0 Å². The molecule has 0 radical (unpaired) electrons. The Balaban J connectivity index is 4.17. The zero-order valence-electron chi connectivity index (χ0n) is 8.63.